The third kappa shape index (κ3) is 2.80. The molecule has 0 atom stereocenters. The van der Waals surface area contributed by atoms with Gasteiger partial charge in [0, 0.05) is 9.50 Å². The van der Waals surface area contributed by atoms with Crippen molar-refractivity contribution >= 4 is 27.5 Å². The van der Waals surface area contributed by atoms with E-state index in [0.717, 1.165) is 15.9 Å². The molecule has 0 aliphatic rings. The monoisotopic (exact) mass is 246 g/mol. The van der Waals surface area contributed by atoms with Crippen LogP contribution in [-0.2, 0) is 6.42 Å². The first-order valence-electron chi connectivity index (χ1n) is 4.03. The fourth-order valence-electron chi connectivity index (χ4n) is 1.14. The summed E-state index contributed by atoms with van der Waals surface area (Å²) in [5.74, 6) is 0.650. The van der Waals surface area contributed by atoms with Crippen molar-refractivity contribution in [3.05, 3.63) is 33.3 Å². The van der Waals surface area contributed by atoms with Gasteiger partial charge in [0.05, 0.1) is 0 Å². The predicted molar refractivity (Wildman–Crippen MR) is 57.7 cm³/mol. The first-order valence-corrected chi connectivity index (χ1v) is 5.20. The molecule has 12 heavy (non-hydrogen) atoms. The third-order valence-electron chi connectivity index (χ3n) is 1.64. The maximum atomic E-state index is 6.02. The van der Waals surface area contributed by atoms with E-state index in [4.69, 9.17) is 11.6 Å². The van der Waals surface area contributed by atoms with Gasteiger partial charge in [-0.05, 0) is 36.1 Å². The Kier molecular flexibility index (Phi) is 3.60. The number of rotatable bonds is 2. The van der Waals surface area contributed by atoms with Crippen molar-refractivity contribution in [1.29, 1.82) is 0 Å². The zero-order valence-corrected chi connectivity index (χ0v) is 9.61. The molecule has 0 radical (unpaired) electrons. The highest BCUT2D eigenvalue weighted by molar-refractivity contribution is 9.10. The van der Waals surface area contributed by atoms with Crippen LogP contribution in [0, 0.1) is 5.92 Å². The molecule has 0 saturated carbocycles. The summed E-state index contributed by atoms with van der Waals surface area (Å²) in [7, 11) is 0. The van der Waals surface area contributed by atoms with E-state index in [2.05, 4.69) is 35.8 Å². The fourth-order valence-corrected chi connectivity index (χ4v) is 1.74. The van der Waals surface area contributed by atoms with Crippen LogP contribution in [0.1, 0.15) is 19.4 Å². The SMILES string of the molecule is CC(C)Cc1cc(Br)ccc1Cl. The molecule has 0 aliphatic heterocycles. The molecule has 0 saturated heterocycles. The largest absolute Gasteiger partial charge is 0.0840 e. The average Bonchev–Trinajstić information content (AvgIpc) is 1.96. The van der Waals surface area contributed by atoms with E-state index in [1.165, 1.54) is 5.56 Å². The van der Waals surface area contributed by atoms with E-state index in [1.54, 1.807) is 0 Å². The molecule has 0 amide bonds. The van der Waals surface area contributed by atoms with Crippen molar-refractivity contribution in [2.45, 2.75) is 20.3 Å². The molecule has 0 heterocycles. The molecule has 0 nitrogen and oxygen atoms in total. The van der Waals surface area contributed by atoms with Crippen LogP contribution in [0.5, 0.6) is 0 Å². The van der Waals surface area contributed by atoms with Crippen LogP contribution in [0.4, 0.5) is 0 Å². The number of hydrogen-bond acceptors (Lipinski definition) is 0. The lowest BCUT2D eigenvalue weighted by molar-refractivity contribution is 0.647. The highest BCUT2D eigenvalue weighted by Crippen LogP contribution is 2.23. The number of hydrogen-bond donors (Lipinski definition) is 0. The lowest BCUT2D eigenvalue weighted by Crippen LogP contribution is -1.94. The molecular weight excluding hydrogens is 235 g/mol. The van der Waals surface area contributed by atoms with Crippen molar-refractivity contribution in [3.8, 4) is 0 Å². The molecule has 0 spiro atoms. The first-order chi connectivity index (χ1) is 5.59. The number of halogens is 2. The van der Waals surface area contributed by atoms with Gasteiger partial charge in [-0.2, -0.15) is 0 Å². The molecule has 0 aliphatic carbocycles. The summed E-state index contributed by atoms with van der Waals surface area (Å²) in [6.45, 7) is 4.38. The molecule has 66 valence electrons. The van der Waals surface area contributed by atoms with E-state index >= 15 is 0 Å². The maximum Gasteiger partial charge on any atom is 0.0438 e. The minimum atomic E-state index is 0.650. The van der Waals surface area contributed by atoms with Gasteiger partial charge in [-0.15, -0.1) is 0 Å². The maximum absolute atomic E-state index is 6.02. The van der Waals surface area contributed by atoms with Crippen LogP contribution < -0.4 is 0 Å². The number of benzene rings is 1. The van der Waals surface area contributed by atoms with Crippen molar-refractivity contribution < 1.29 is 0 Å². The Bertz CT molecular complexity index is 269. The molecule has 1 aromatic carbocycles. The fraction of sp³-hybridized carbons (Fsp3) is 0.400. The van der Waals surface area contributed by atoms with Crippen LogP contribution >= 0.6 is 27.5 Å². The van der Waals surface area contributed by atoms with Crippen molar-refractivity contribution in [2.75, 3.05) is 0 Å². The van der Waals surface area contributed by atoms with E-state index < -0.39 is 0 Å². The molecule has 1 aromatic rings. The molecule has 1 rings (SSSR count). The minimum Gasteiger partial charge on any atom is -0.0840 e. The van der Waals surface area contributed by atoms with Gasteiger partial charge in [0.2, 0.25) is 0 Å². The Morgan fingerprint density at radius 2 is 2.08 bits per heavy atom. The van der Waals surface area contributed by atoms with E-state index in [0.29, 0.717) is 5.92 Å². The van der Waals surface area contributed by atoms with Gasteiger partial charge in [-0.1, -0.05) is 41.4 Å². The van der Waals surface area contributed by atoms with Gasteiger partial charge in [0.1, 0.15) is 0 Å². The molecule has 0 N–H and O–H groups in total. The Labute approximate surface area is 87.1 Å². The molecule has 0 aromatic heterocycles. The van der Waals surface area contributed by atoms with Crippen molar-refractivity contribution in [2.24, 2.45) is 5.92 Å². The first kappa shape index (κ1) is 10.1. The summed E-state index contributed by atoms with van der Waals surface area (Å²) in [5.41, 5.74) is 1.22. The highest BCUT2D eigenvalue weighted by Gasteiger charge is 2.02. The summed E-state index contributed by atoms with van der Waals surface area (Å²) in [6, 6.07) is 5.98. The molecule has 2 heteroatoms. The standard InChI is InChI=1S/C10H12BrCl/c1-7(2)5-8-6-9(11)3-4-10(8)12/h3-4,6-7H,5H2,1-2H3. The summed E-state index contributed by atoms with van der Waals surface area (Å²) < 4.78 is 1.10. The Balaban J connectivity index is 2.90. The van der Waals surface area contributed by atoms with Gasteiger partial charge in [-0.25, -0.2) is 0 Å². The van der Waals surface area contributed by atoms with Gasteiger partial charge in [0.25, 0.3) is 0 Å². The van der Waals surface area contributed by atoms with Gasteiger partial charge < -0.3 is 0 Å². The van der Waals surface area contributed by atoms with Crippen molar-refractivity contribution in [3.63, 3.8) is 0 Å². The zero-order chi connectivity index (χ0) is 9.14. The van der Waals surface area contributed by atoms with Crippen LogP contribution in [0.2, 0.25) is 5.02 Å². The van der Waals surface area contributed by atoms with Crippen LogP contribution in [0.15, 0.2) is 22.7 Å². The minimum absolute atomic E-state index is 0.650. The Hall–Kier alpha value is -0.0100. The summed E-state index contributed by atoms with van der Waals surface area (Å²) >= 11 is 9.45. The lowest BCUT2D eigenvalue weighted by atomic mass is 10.0. The second-order valence-electron chi connectivity index (χ2n) is 3.33. The van der Waals surface area contributed by atoms with E-state index in [9.17, 15) is 0 Å². The summed E-state index contributed by atoms with van der Waals surface area (Å²) in [6.07, 6.45) is 1.04. The lowest BCUT2D eigenvalue weighted by Gasteiger charge is -2.07. The smallest absolute Gasteiger partial charge is 0.0438 e. The van der Waals surface area contributed by atoms with E-state index in [1.807, 2.05) is 12.1 Å². The third-order valence-corrected chi connectivity index (χ3v) is 2.50. The molecule has 0 unspecified atom stereocenters. The predicted octanol–water partition coefficient (Wildman–Crippen LogP) is 4.30. The molecular formula is C10H12BrCl. The molecule has 0 bridgehead atoms. The quantitative estimate of drug-likeness (QED) is 0.731. The normalized spacial score (nSPS) is 10.8. The van der Waals surface area contributed by atoms with Gasteiger partial charge in [-0.3, -0.25) is 0 Å². The second-order valence-corrected chi connectivity index (χ2v) is 4.66. The van der Waals surface area contributed by atoms with E-state index in [-0.39, 0.29) is 0 Å². The van der Waals surface area contributed by atoms with Gasteiger partial charge >= 0.3 is 0 Å². The summed E-state index contributed by atoms with van der Waals surface area (Å²) in [5, 5.41) is 0.868. The van der Waals surface area contributed by atoms with Crippen LogP contribution in [0.25, 0.3) is 0 Å². The van der Waals surface area contributed by atoms with Gasteiger partial charge in [0.15, 0.2) is 0 Å². The zero-order valence-electron chi connectivity index (χ0n) is 7.27. The topological polar surface area (TPSA) is 0 Å². The van der Waals surface area contributed by atoms with Crippen molar-refractivity contribution in [1.82, 2.24) is 0 Å². The van der Waals surface area contributed by atoms with Crippen LogP contribution in [-0.4, -0.2) is 0 Å². The molecule has 0 fully saturated rings. The summed E-state index contributed by atoms with van der Waals surface area (Å²) in [4.78, 5) is 0. The Morgan fingerprint density at radius 3 is 2.67 bits per heavy atom. The second kappa shape index (κ2) is 4.29. The average molecular weight is 248 g/mol. The Morgan fingerprint density at radius 1 is 1.42 bits per heavy atom. The highest BCUT2D eigenvalue weighted by atomic mass is 79.9. The van der Waals surface area contributed by atoms with Crippen LogP contribution in [0.3, 0.4) is 0 Å².